The third kappa shape index (κ3) is 2.57. The normalized spacial score (nSPS) is 15.9. The van der Waals surface area contributed by atoms with Gasteiger partial charge in [0.1, 0.15) is 5.69 Å². The molecule has 1 saturated heterocycles. The van der Waals surface area contributed by atoms with Crippen LogP contribution >= 0.6 is 0 Å². The summed E-state index contributed by atoms with van der Waals surface area (Å²) in [5, 5.41) is 11.1. The lowest BCUT2D eigenvalue weighted by atomic mass is 10.1. The zero-order chi connectivity index (χ0) is 12.3. The summed E-state index contributed by atoms with van der Waals surface area (Å²) in [6.45, 7) is 3.89. The highest BCUT2D eigenvalue weighted by Gasteiger charge is 2.21. The van der Waals surface area contributed by atoms with Gasteiger partial charge >= 0.3 is 0 Å². The number of benzene rings is 1. The van der Waals surface area contributed by atoms with Crippen LogP contribution in [0.5, 0.6) is 0 Å². The number of hydrogen-bond acceptors (Lipinski definition) is 3. The summed E-state index contributed by atoms with van der Waals surface area (Å²) in [7, 11) is 0. The van der Waals surface area contributed by atoms with Gasteiger partial charge in [-0.05, 0) is 37.3 Å². The molecule has 0 amide bonds. The molecule has 0 aromatic heterocycles. The number of nitro groups is 1. The number of aryl methyl sites for hydroxylation is 1. The second-order valence-corrected chi connectivity index (χ2v) is 4.48. The Morgan fingerprint density at radius 1 is 1.29 bits per heavy atom. The summed E-state index contributed by atoms with van der Waals surface area (Å²) in [5.41, 5.74) is 2.07. The molecule has 92 valence electrons. The molecule has 0 N–H and O–H groups in total. The highest BCUT2D eigenvalue weighted by Crippen LogP contribution is 2.31. The minimum atomic E-state index is -0.261. The van der Waals surface area contributed by atoms with Crippen LogP contribution in [-0.4, -0.2) is 18.0 Å². The molecule has 4 heteroatoms. The van der Waals surface area contributed by atoms with Gasteiger partial charge < -0.3 is 4.90 Å². The lowest BCUT2D eigenvalue weighted by Crippen LogP contribution is -2.29. The molecule has 0 bridgehead atoms. The fourth-order valence-electron chi connectivity index (χ4n) is 2.34. The molecule has 2 rings (SSSR count). The quantitative estimate of drug-likeness (QED) is 0.596. The van der Waals surface area contributed by atoms with Crippen LogP contribution in [-0.2, 0) is 6.42 Å². The zero-order valence-electron chi connectivity index (χ0n) is 10.2. The molecule has 1 aliphatic heterocycles. The fourth-order valence-corrected chi connectivity index (χ4v) is 2.34. The van der Waals surface area contributed by atoms with Crippen molar-refractivity contribution in [1.29, 1.82) is 0 Å². The van der Waals surface area contributed by atoms with Gasteiger partial charge in [-0.25, -0.2) is 0 Å². The van der Waals surface area contributed by atoms with Gasteiger partial charge in [-0.1, -0.05) is 13.0 Å². The largest absolute Gasteiger partial charge is 0.366 e. The average molecular weight is 234 g/mol. The lowest BCUT2D eigenvalue weighted by molar-refractivity contribution is -0.384. The summed E-state index contributed by atoms with van der Waals surface area (Å²) in [5.74, 6) is 0. The van der Waals surface area contributed by atoms with Crippen molar-refractivity contribution in [3.63, 3.8) is 0 Å². The maximum absolute atomic E-state index is 11.1. The molecule has 1 aromatic carbocycles. The van der Waals surface area contributed by atoms with Gasteiger partial charge in [0, 0.05) is 19.2 Å². The van der Waals surface area contributed by atoms with Crippen molar-refractivity contribution in [3.8, 4) is 0 Å². The Kier molecular flexibility index (Phi) is 3.61. The first-order valence-electron chi connectivity index (χ1n) is 6.24. The molecule has 0 atom stereocenters. The highest BCUT2D eigenvalue weighted by molar-refractivity contribution is 5.64. The number of hydrogen-bond donors (Lipinski definition) is 0. The summed E-state index contributed by atoms with van der Waals surface area (Å²) in [6, 6.07) is 5.61. The molecule has 17 heavy (non-hydrogen) atoms. The van der Waals surface area contributed by atoms with Crippen LogP contribution in [0.1, 0.15) is 31.7 Å². The second kappa shape index (κ2) is 5.17. The second-order valence-electron chi connectivity index (χ2n) is 4.48. The summed E-state index contributed by atoms with van der Waals surface area (Å²) in [6.07, 6.45) is 4.33. The van der Waals surface area contributed by atoms with Crippen molar-refractivity contribution in [3.05, 3.63) is 33.9 Å². The van der Waals surface area contributed by atoms with Crippen LogP contribution < -0.4 is 4.90 Å². The molecule has 0 aliphatic carbocycles. The maximum atomic E-state index is 11.1. The molecule has 0 saturated carbocycles. The van der Waals surface area contributed by atoms with E-state index in [1.54, 1.807) is 6.07 Å². The minimum absolute atomic E-state index is 0.256. The first-order valence-corrected chi connectivity index (χ1v) is 6.24. The molecule has 1 fully saturated rings. The lowest BCUT2D eigenvalue weighted by Gasteiger charge is -2.28. The van der Waals surface area contributed by atoms with E-state index in [0.29, 0.717) is 0 Å². The molecule has 1 aliphatic rings. The van der Waals surface area contributed by atoms with Crippen LogP contribution in [0.3, 0.4) is 0 Å². The minimum Gasteiger partial charge on any atom is -0.366 e. The van der Waals surface area contributed by atoms with E-state index in [1.807, 2.05) is 19.1 Å². The molecule has 4 nitrogen and oxygen atoms in total. The number of rotatable bonds is 3. The molecule has 0 radical (unpaired) electrons. The Morgan fingerprint density at radius 3 is 2.59 bits per heavy atom. The monoisotopic (exact) mass is 234 g/mol. The van der Waals surface area contributed by atoms with Gasteiger partial charge in [0.2, 0.25) is 0 Å². The first kappa shape index (κ1) is 11.9. The van der Waals surface area contributed by atoms with Crippen molar-refractivity contribution in [2.45, 2.75) is 32.6 Å². The SMILES string of the molecule is CCc1ccc(N2CCCCC2)c([N+](=O)[O-])c1. The van der Waals surface area contributed by atoms with Gasteiger partial charge in [-0.3, -0.25) is 10.1 Å². The van der Waals surface area contributed by atoms with Crippen LogP contribution in [0, 0.1) is 10.1 Å². The third-order valence-corrected chi connectivity index (χ3v) is 3.34. The maximum Gasteiger partial charge on any atom is 0.292 e. The fraction of sp³-hybridized carbons (Fsp3) is 0.538. The molecular weight excluding hydrogens is 216 g/mol. The number of nitro benzene ring substituents is 1. The van der Waals surface area contributed by atoms with Gasteiger partial charge in [-0.15, -0.1) is 0 Å². The van der Waals surface area contributed by atoms with E-state index in [9.17, 15) is 10.1 Å². The predicted octanol–water partition coefficient (Wildman–Crippen LogP) is 3.15. The van der Waals surface area contributed by atoms with Gasteiger partial charge in [-0.2, -0.15) is 0 Å². The predicted molar refractivity (Wildman–Crippen MR) is 68.5 cm³/mol. The summed E-state index contributed by atoms with van der Waals surface area (Å²) >= 11 is 0. The molecule has 0 unspecified atom stereocenters. The van der Waals surface area contributed by atoms with E-state index in [4.69, 9.17) is 0 Å². The van der Waals surface area contributed by atoms with Crippen molar-refractivity contribution in [1.82, 2.24) is 0 Å². The number of nitrogens with zero attached hydrogens (tertiary/aromatic N) is 2. The van der Waals surface area contributed by atoms with E-state index in [0.717, 1.165) is 43.6 Å². The van der Waals surface area contributed by atoms with Crippen molar-refractivity contribution >= 4 is 11.4 Å². The number of anilines is 1. The smallest absolute Gasteiger partial charge is 0.292 e. The van der Waals surface area contributed by atoms with E-state index < -0.39 is 0 Å². The standard InChI is InChI=1S/C13H18N2O2/c1-2-11-6-7-12(13(10-11)15(16)17)14-8-4-3-5-9-14/h6-7,10H,2-5,8-9H2,1H3. The van der Waals surface area contributed by atoms with E-state index in [1.165, 1.54) is 6.42 Å². The van der Waals surface area contributed by atoms with Gasteiger partial charge in [0.25, 0.3) is 5.69 Å². The Morgan fingerprint density at radius 2 is 2.00 bits per heavy atom. The molecule has 1 aromatic rings. The topological polar surface area (TPSA) is 46.4 Å². The van der Waals surface area contributed by atoms with Gasteiger partial charge in [0.05, 0.1) is 4.92 Å². The molecule has 1 heterocycles. The zero-order valence-corrected chi connectivity index (χ0v) is 10.2. The van der Waals surface area contributed by atoms with Crippen LogP contribution in [0.4, 0.5) is 11.4 Å². The highest BCUT2D eigenvalue weighted by atomic mass is 16.6. The van der Waals surface area contributed by atoms with Crippen LogP contribution in [0.25, 0.3) is 0 Å². The van der Waals surface area contributed by atoms with Gasteiger partial charge in [0.15, 0.2) is 0 Å². The Balaban J connectivity index is 2.34. The summed E-state index contributed by atoms with van der Waals surface area (Å²) in [4.78, 5) is 13.0. The Bertz CT molecular complexity index is 412. The van der Waals surface area contributed by atoms with Crippen molar-refractivity contribution in [2.75, 3.05) is 18.0 Å². The Labute approximate surface area is 101 Å². The molecular formula is C13H18N2O2. The van der Waals surface area contributed by atoms with Crippen molar-refractivity contribution < 1.29 is 4.92 Å². The average Bonchev–Trinajstić information content (AvgIpc) is 2.39. The first-order chi connectivity index (χ1) is 8.22. The van der Waals surface area contributed by atoms with E-state index in [2.05, 4.69) is 4.90 Å². The Hall–Kier alpha value is -1.58. The number of piperidine rings is 1. The van der Waals surface area contributed by atoms with E-state index >= 15 is 0 Å². The summed E-state index contributed by atoms with van der Waals surface area (Å²) < 4.78 is 0. The van der Waals surface area contributed by atoms with Crippen molar-refractivity contribution in [2.24, 2.45) is 0 Å². The third-order valence-electron chi connectivity index (χ3n) is 3.34. The van der Waals surface area contributed by atoms with Crippen LogP contribution in [0.15, 0.2) is 18.2 Å². The van der Waals surface area contributed by atoms with E-state index in [-0.39, 0.29) is 10.6 Å². The molecule has 0 spiro atoms. The van der Waals surface area contributed by atoms with Crippen LogP contribution in [0.2, 0.25) is 0 Å².